The Morgan fingerprint density at radius 2 is 1.19 bits per heavy atom. The lowest BCUT2D eigenvalue weighted by molar-refractivity contribution is -0.297. The van der Waals surface area contributed by atoms with Crippen molar-refractivity contribution in [1.29, 1.82) is 0 Å². The number of aliphatic hydroxyl groups is 1. The third kappa shape index (κ3) is 8.31. The van der Waals surface area contributed by atoms with Gasteiger partial charge in [0.05, 0.1) is 19.3 Å². The van der Waals surface area contributed by atoms with Crippen molar-refractivity contribution in [1.82, 2.24) is 0 Å². The van der Waals surface area contributed by atoms with Gasteiger partial charge in [0, 0.05) is 34.9 Å². The summed E-state index contributed by atoms with van der Waals surface area (Å²) in [6.45, 7) is 0.496. The molecule has 0 aliphatic carbocycles. The van der Waals surface area contributed by atoms with Crippen LogP contribution in [0.4, 0.5) is 0 Å². The molecule has 1 aliphatic heterocycles. The molecule has 0 bridgehead atoms. The van der Waals surface area contributed by atoms with Crippen LogP contribution >= 0.6 is 0 Å². The molecule has 10 heteroatoms. The van der Waals surface area contributed by atoms with Crippen LogP contribution in [0.15, 0.2) is 24.3 Å². The summed E-state index contributed by atoms with van der Waals surface area (Å²) >= 11 is 0. The van der Waals surface area contributed by atoms with E-state index in [0.717, 1.165) is 11.1 Å². The highest BCUT2D eigenvalue weighted by molar-refractivity contribution is 5.23. The van der Waals surface area contributed by atoms with E-state index in [-0.39, 0.29) is 46.5 Å². The zero-order chi connectivity index (χ0) is 23.2. The van der Waals surface area contributed by atoms with Crippen LogP contribution in [0.1, 0.15) is 11.1 Å². The molecule has 32 heavy (non-hydrogen) atoms. The maximum Gasteiger partial charge on any atom is 0.146 e. The minimum atomic E-state index is -0.545. The minimum absolute atomic E-state index is 0.00978. The second kappa shape index (κ2) is 15.6. The third-order valence-electron chi connectivity index (χ3n) is 4.99. The van der Waals surface area contributed by atoms with Crippen molar-refractivity contribution in [2.75, 3.05) is 62.2 Å². The third-order valence-corrected chi connectivity index (χ3v) is 4.99. The number of hydrogen-bond acceptors (Lipinski definition) is 10. The molecule has 0 aromatic heterocycles. The van der Waals surface area contributed by atoms with E-state index in [1.807, 2.05) is 24.3 Å². The van der Waals surface area contributed by atoms with Crippen LogP contribution in [0.3, 0.4) is 0 Å². The lowest BCUT2D eigenvalue weighted by Crippen LogP contribution is -2.62. The van der Waals surface area contributed by atoms with Crippen molar-refractivity contribution in [2.45, 2.75) is 43.5 Å². The Bertz CT molecular complexity index is 599. The number of aliphatic hydroxyl groups excluding tert-OH is 1. The van der Waals surface area contributed by atoms with Crippen molar-refractivity contribution >= 4 is 0 Å². The molecule has 1 aliphatic rings. The number of ether oxygens (including phenoxy) is 9. The molecule has 1 fully saturated rings. The highest BCUT2D eigenvalue weighted by Crippen LogP contribution is 2.30. The number of methoxy groups -OCH3 is 4. The lowest BCUT2D eigenvalue weighted by atomic mass is 9.91. The summed E-state index contributed by atoms with van der Waals surface area (Å²) in [4.78, 5) is 0. The second-order valence-corrected chi connectivity index (χ2v) is 7.28. The summed E-state index contributed by atoms with van der Waals surface area (Å²) in [6.07, 6.45) is -1.89. The second-order valence-electron chi connectivity index (χ2n) is 7.28. The predicted octanol–water partition coefficient (Wildman–Crippen LogP) is 1.08. The van der Waals surface area contributed by atoms with Crippen molar-refractivity contribution in [2.24, 2.45) is 0 Å². The monoisotopic (exact) mass is 460 g/mol. The normalized spacial score (nSPS) is 25.8. The first-order chi connectivity index (χ1) is 15.7. The van der Waals surface area contributed by atoms with Crippen LogP contribution in [-0.4, -0.2) is 97.8 Å². The van der Waals surface area contributed by atoms with Crippen molar-refractivity contribution in [3.63, 3.8) is 0 Å². The standard InChI is InChI=1S/C22H36O10/c1-24-12-28-11-19-21(30-14-26-3)22(31-15-27-4)20(29-13-25-2)18(32-19)9-16-5-7-17(10-23)8-6-16/h5-8,18-23H,9-15H2,1-4H3/t18?,19-,20+,21-,22-/m1/s1. The van der Waals surface area contributed by atoms with Gasteiger partial charge in [-0.25, -0.2) is 0 Å². The fourth-order valence-corrected chi connectivity index (χ4v) is 3.58. The summed E-state index contributed by atoms with van der Waals surface area (Å²) < 4.78 is 50.4. The summed E-state index contributed by atoms with van der Waals surface area (Å²) in [5.41, 5.74) is 1.86. The van der Waals surface area contributed by atoms with Crippen LogP contribution in [0.5, 0.6) is 0 Å². The van der Waals surface area contributed by atoms with E-state index in [9.17, 15) is 5.11 Å². The van der Waals surface area contributed by atoms with Gasteiger partial charge in [-0.3, -0.25) is 0 Å². The highest BCUT2D eigenvalue weighted by atomic mass is 16.7. The van der Waals surface area contributed by atoms with E-state index < -0.39 is 24.4 Å². The molecule has 0 amide bonds. The van der Waals surface area contributed by atoms with E-state index >= 15 is 0 Å². The largest absolute Gasteiger partial charge is 0.392 e. The fourth-order valence-electron chi connectivity index (χ4n) is 3.58. The molecular formula is C22H36O10. The molecule has 1 N–H and O–H groups in total. The molecule has 1 saturated heterocycles. The number of rotatable bonds is 16. The minimum Gasteiger partial charge on any atom is -0.392 e. The topological polar surface area (TPSA) is 103 Å². The van der Waals surface area contributed by atoms with Gasteiger partial charge >= 0.3 is 0 Å². The summed E-state index contributed by atoms with van der Waals surface area (Å²) in [5.74, 6) is 0. The zero-order valence-corrected chi connectivity index (χ0v) is 19.3. The molecule has 0 spiro atoms. The zero-order valence-electron chi connectivity index (χ0n) is 19.3. The Labute approximate surface area is 189 Å². The van der Waals surface area contributed by atoms with Gasteiger partial charge < -0.3 is 47.7 Å². The first-order valence-electron chi connectivity index (χ1n) is 10.4. The van der Waals surface area contributed by atoms with Crippen molar-refractivity contribution in [3.05, 3.63) is 35.4 Å². The highest BCUT2D eigenvalue weighted by Gasteiger charge is 2.48. The molecule has 1 heterocycles. The SMILES string of the molecule is COCOC[C@H]1OC(Cc2ccc(CO)cc2)[C@H](OCOC)[C@@H](OCOC)[C@@H]1OCOC. The Morgan fingerprint density at radius 3 is 1.72 bits per heavy atom. The number of hydrogen-bond donors (Lipinski definition) is 1. The van der Waals surface area contributed by atoms with Crippen LogP contribution < -0.4 is 0 Å². The molecule has 1 aromatic rings. The van der Waals surface area contributed by atoms with E-state index in [0.29, 0.717) is 6.42 Å². The van der Waals surface area contributed by atoms with Crippen LogP contribution in [0.2, 0.25) is 0 Å². The van der Waals surface area contributed by atoms with Gasteiger partial charge in [0.15, 0.2) is 0 Å². The first kappa shape index (κ1) is 27.1. The average molecular weight is 461 g/mol. The molecule has 1 unspecified atom stereocenters. The van der Waals surface area contributed by atoms with Crippen LogP contribution in [0.25, 0.3) is 0 Å². The van der Waals surface area contributed by atoms with Crippen molar-refractivity contribution < 1.29 is 47.7 Å². The smallest absolute Gasteiger partial charge is 0.146 e. The molecule has 0 radical (unpaired) electrons. The van der Waals surface area contributed by atoms with Gasteiger partial charge in [-0.2, -0.15) is 0 Å². The van der Waals surface area contributed by atoms with Gasteiger partial charge in [0.1, 0.15) is 51.6 Å². The Hall–Kier alpha value is -1.18. The fraction of sp³-hybridized carbons (Fsp3) is 0.727. The van der Waals surface area contributed by atoms with Gasteiger partial charge in [0.2, 0.25) is 0 Å². The van der Waals surface area contributed by atoms with E-state index in [4.69, 9.17) is 42.6 Å². The molecule has 5 atom stereocenters. The molecule has 0 saturated carbocycles. The van der Waals surface area contributed by atoms with Crippen LogP contribution in [-0.2, 0) is 55.7 Å². The van der Waals surface area contributed by atoms with E-state index in [1.54, 1.807) is 28.4 Å². The Morgan fingerprint density at radius 1 is 0.688 bits per heavy atom. The molecule has 2 rings (SSSR count). The maximum absolute atomic E-state index is 9.31. The van der Waals surface area contributed by atoms with Crippen molar-refractivity contribution in [3.8, 4) is 0 Å². The maximum atomic E-state index is 9.31. The van der Waals surface area contributed by atoms with E-state index in [1.165, 1.54) is 0 Å². The van der Waals surface area contributed by atoms with Gasteiger partial charge in [-0.15, -0.1) is 0 Å². The molecule has 1 aromatic carbocycles. The first-order valence-corrected chi connectivity index (χ1v) is 10.4. The summed E-state index contributed by atoms with van der Waals surface area (Å²) in [6, 6.07) is 7.67. The summed E-state index contributed by atoms with van der Waals surface area (Å²) in [7, 11) is 6.20. The van der Waals surface area contributed by atoms with Gasteiger partial charge in [0.25, 0.3) is 0 Å². The van der Waals surface area contributed by atoms with E-state index in [2.05, 4.69) is 0 Å². The van der Waals surface area contributed by atoms with Gasteiger partial charge in [-0.1, -0.05) is 24.3 Å². The van der Waals surface area contributed by atoms with Gasteiger partial charge in [-0.05, 0) is 11.1 Å². The Balaban J connectivity index is 2.29. The molecular weight excluding hydrogens is 424 g/mol. The average Bonchev–Trinajstić information content (AvgIpc) is 2.82. The van der Waals surface area contributed by atoms with Crippen LogP contribution in [0, 0.1) is 0 Å². The Kier molecular flexibility index (Phi) is 13.2. The molecule has 184 valence electrons. The quantitative estimate of drug-likeness (QED) is 0.285. The summed E-state index contributed by atoms with van der Waals surface area (Å²) in [5, 5.41) is 9.31. The number of benzene rings is 1. The predicted molar refractivity (Wildman–Crippen MR) is 113 cm³/mol. The lowest BCUT2D eigenvalue weighted by Gasteiger charge is -2.46. The molecule has 10 nitrogen and oxygen atoms in total.